The van der Waals surface area contributed by atoms with Gasteiger partial charge in [-0.15, -0.1) is 5.10 Å². The Bertz CT molecular complexity index is 789. The van der Waals surface area contributed by atoms with Gasteiger partial charge in [0.2, 0.25) is 11.7 Å². The molecule has 3 aromatic heterocycles. The van der Waals surface area contributed by atoms with Crippen LogP contribution in [0.25, 0.3) is 11.6 Å². The van der Waals surface area contributed by atoms with Crippen molar-refractivity contribution in [3.8, 4) is 11.6 Å². The Labute approximate surface area is 129 Å². The van der Waals surface area contributed by atoms with Crippen molar-refractivity contribution < 1.29 is 8.94 Å². The van der Waals surface area contributed by atoms with Crippen LogP contribution in [0.3, 0.4) is 0 Å². The molecule has 3 aromatic rings. The van der Waals surface area contributed by atoms with Gasteiger partial charge in [-0.05, 0) is 25.5 Å². The first-order valence-corrected chi connectivity index (χ1v) is 7.76. The molecule has 0 saturated carbocycles. The van der Waals surface area contributed by atoms with Gasteiger partial charge in [0.1, 0.15) is 0 Å². The maximum absolute atomic E-state index is 11.7. The topological polar surface area (TPSA) is 103 Å². The number of aromatic nitrogens is 5. The number of hydrogen-bond donors (Lipinski definition) is 1. The molecule has 0 spiro atoms. The van der Waals surface area contributed by atoms with Gasteiger partial charge >= 0.3 is 5.69 Å². The molecule has 9 heteroatoms. The molecule has 0 bridgehead atoms. The summed E-state index contributed by atoms with van der Waals surface area (Å²) >= 11 is 1.39. The molecule has 0 saturated heterocycles. The Hall–Kier alpha value is -2.29. The van der Waals surface area contributed by atoms with E-state index >= 15 is 0 Å². The van der Waals surface area contributed by atoms with Crippen molar-refractivity contribution in [1.82, 2.24) is 24.9 Å². The van der Waals surface area contributed by atoms with Crippen LogP contribution in [0.1, 0.15) is 31.4 Å². The van der Waals surface area contributed by atoms with Crippen molar-refractivity contribution in [1.29, 1.82) is 0 Å². The number of aromatic amines is 1. The van der Waals surface area contributed by atoms with Crippen LogP contribution in [0.15, 0.2) is 37.3 Å². The van der Waals surface area contributed by atoms with E-state index in [1.165, 1.54) is 11.8 Å². The van der Waals surface area contributed by atoms with Crippen molar-refractivity contribution >= 4 is 11.8 Å². The molecule has 0 aromatic carbocycles. The van der Waals surface area contributed by atoms with Gasteiger partial charge in [0.15, 0.2) is 10.9 Å². The molecule has 0 amide bonds. The maximum atomic E-state index is 11.7. The van der Waals surface area contributed by atoms with E-state index in [1.54, 1.807) is 23.0 Å². The maximum Gasteiger partial charge on any atom is 0.343 e. The molecule has 0 aliphatic heterocycles. The zero-order valence-corrected chi connectivity index (χ0v) is 13.0. The van der Waals surface area contributed by atoms with Crippen LogP contribution in [0.5, 0.6) is 0 Å². The molecule has 22 heavy (non-hydrogen) atoms. The van der Waals surface area contributed by atoms with Crippen LogP contribution in [-0.4, -0.2) is 24.9 Å². The summed E-state index contributed by atoms with van der Waals surface area (Å²) in [6.07, 6.45) is 2.40. The highest BCUT2D eigenvalue weighted by atomic mass is 32.2. The summed E-state index contributed by atoms with van der Waals surface area (Å²) in [7, 11) is 0. The molecule has 116 valence electrons. The minimum Gasteiger partial charge on any atom is -0.461 e. The van der Waals surface area contributed by atoms with Gasteiger partial charge < -0.3 is 8.94 Å². The standard InChI is InChI=1S/C13H15N5O3S/c1-3-6-18-12(19)15-16-13(18)22-8(2)11-14-10(17-21-11)9-5-4-7-20-9/h4-5,7-8H,3,6H2,1-2H3,(H,15,19). The lowest BCUT2D eigenvalue weighted by atomic mass is 10.4. The predicted octanol–water partition coefficient (Wildman–Crippen LogP) is 2.48. The number of thioether (sulfide) groups is 1. The van der Waals surface area contributed by atoms with Crippen molar-refractivity contribution in [3.05, 3.63) is 34.8 Å². The summed E-state index contributed by atoms with van der Waals surface area (Å²) in [5, 5.41) is 10.9. The third kappa shape index (κ3) is 2.84. The molecule has 0 radical (unpaired) electrons. The van der Waals surface area contributed by atoms with Crippen molar-refractivity contribution in [2.75, 3.05) is 0 Å². The smallest absolute Gasteiger partial charge is 0.343 e. The lowest BCUT2D eigenvalue weighted by Gasteiger charge is -2.06. The van der Waals surface area contributed by atoms with Gasteiger partial charge in [0.05, 0.1) is 11.5 Å². The summed E-state index contributed by atoms with van der Waals surface area (Å²) in [5.74, 6) is 1.41. The molecule has 0 fully saturated rings. The molecule has 3 heterocycles. The zero-order chi connectivity index (χ0) is 15.5. The Kier molecular flexibility index (Phi) is 4.14. The fourth-order valence-electron chi connectivity index (χ4n) is 1.93. The highest BCUT2D eigenvalue weighted by Crippen LogP contribution is 2.33. The lowest BCUT2D eigenvalue weighted by Crippen LogP contribution is -2.17. The number of nitrogens with one attached hydrogen (secondary N) is 1. The third-order valence-corrected chi connectivity index (χ3v) is 4.06. The Morgan fingerprint density at radius 1 is 1.50 bits per heavy atom. The quantitative estimate of drug-likeness (QED) is 0.696. The van der Waals surface area contributed by atoms with Crippen molar-refractivity contribution in [2.24, 2.45) is 0 Å². The van der Waals surface area contributed by atoms with E-state index in [0.717, 1.165) is 6.42 Å². The number of rotatable bonds is 6. The van der Waals surface area contributed by atoms with Gasteiger partial charge in [0, 0.05) is 6.54 Å². The average molecular weight is 321 g/mol. The van der Waals surface area contributed by atoms with Crippen LogP contribution in [0.4, 0.5) is 0 Å². The summed E-state index contributed by atoms with van der Waals surface area (Å²) < 4.78 is 12.1. The molecule has 0 aliphatic carbocycles. The molecule has 1 N–H and O–H groups in total. The van der Waals surface area contributed by atoms with E-state index in [-0.39, 0.29) is 10.9 Å². The fraction of sp³-hybridized carbons (Fsp3) is 0.385. The summed E-state index contributed by atoms with van der Waals surface area (Å²) in [6.45, 7) is 4.54. The van der Waals surface area contributed by atoms with E-state index in [1.807, 2.05) is 13.8 Å². The molecule has 8 nitrogen and oxygen atoms in total. The molecule has 0 aliphatic rings. The normalized spacial score (nSPS) is 12.6. The van der Waals surface area contributed by atoms with Crippen LogP contribution in [0, 0.1) is 0 Å². The SMILES string of the molecule is CCCn1c(SC(C)c2nc(-c3ccco3)no2)n[nH]c1=O. The monoisotopic (exact) mass is 321 g/mol. The average Bonchev–Trinajstić information content (AvgIpc) is 3.22. The van der Waals surface area contributed by atoms with E-state index in [2.05, 4.69) is 20.3 Å². The highest BCUT2D eigenvalue weighted by Gasteiger charge is 2.20. The zero-order valence-electron chi connectivity index (χ0n) is 12.1. The second-order valence-electron chi connectivity index (χ2n) is 4.66. The first kappa shape index (κ1) is 14.6. The van der Waals surface area contributed by atoms with Gasteiger partial charge in [-0.1, -0.05) is 23.8 Å². The fourth-order valence-corrected chi connectivity index (χ4v) is 2.84. The molecular weight excluding hydrogens is 306 g/mol. The predicted molar refractivity (Wildman–Crippen MR) is 79.4 cm³/mol. The van der Waals surface area contributed by atoms with Gasteiger partial charge in [0.25, 0.3) is 0 Å². The van der Waals surface area contributed by atoms with E-state index < -0.39 is 0 Å². The Balaban J connectivity index is 1.78. The number of hydrogen-bond acceptors (Lipinski definition) is 7. The van der Waals surface area contributed by atoms with E-state index in [4.69, 9.17) is 8.94 Å². The third-order valence-electron chi connectivity index (χ3n) is 2.98. The molecule has 1 atom stereocenters. The van der Waals surface area contributed by atoms with E-state index in [9.17, 15) is 4.79 Å². The van der Waals surface area contributed by atoms with Crippen LogP contribution in [0.2, 0.25) is 0 Å². The summed E-state index contributed by atoms with van der Waals surface area (Å²) in [5.41, 5.74) is -0.210. The first-order chi connectivity index (χ1) is 10.7. The molecule has 1 unspecified atom stereocenters. The summed E-state index contributed by atoms with van der Waals surface area (Å²) in [6, 6.07) is 3.52. The number of furan rings is 1. The van der Waals surface area contributed by atoms with Crippen molar-refractivity contribution in [3.63, 3.8) is 0 Å². The van der Waals surface area contributed by atoms with Gasteiger partial charge in [-0.25, -0.2) is 9.89 Å². The van der Waals surface area contributed by atoms with Gasteiger partial charge in [-0.2, -0.15) is 4.98 Å². The summed E-state index contributed by atoms with van der Waals surface area (Å²) in [4.78, 5) is 16.0. The van der Waals surface area contributed by atoms with Crippen LogP contribution < -0.4 is 5.69 Å². The van der Waals surface area contributed by atoms with Gasteiger partial charge in [-0.3, -0.25) is 4.57 Å². The Morgan fingerprint density at radius 2 is 2.36 bits per heavy atom. The van der Waals surface area contributed by atoms with Crippen LogP contribution in [-0.2, 0) is 6.54 Å². The van der Waals surface area contributed by atoms with E-state index in [0.29, 0.717) is 29.2 Å². The number of H-pyrrole nitrogens is 1. The minimum atomic E-state index is -0.210. The first-order valence-electron chi connectivity index (χ1n) is 6.88. The minimum absolute atomic E-state index is 0.137. The molecule has 3 rings (SSSR count). The lowest BCUT2D eigenvalue weighted by molar-refractivity contribution is 0.379. The van der Waals surface area contributed by atoms with Crippen LogP contribution >= 0.6 is 11.8 Å². The number of nitrogens with zero attached hydrogens (tertiary/aromatic N) is 4. The second kappa shape index (κ2) is 6.22. The largest absolute Gasteiger partial charge is 0.461 e. The Morgan fingerprint density at radius 3 is 3.09 bits per heavy atom. The highest BCUT2D eigenvalue weighted by molar-refractivity contribution is 7.99. The molecular formula is C13H15N5O3S. The van der Waals surface area contributed by atoms with Crippen molar-refractivity contribution in [2.45, 2.75) is 37.2 Å². The second-order valence-corrected chi connectivity index (χ2v) is 5.96.